The van der Waals surface area contributed by atoms with E-state index in [1.165, 1.54) is 0 Å². The van der Waals surface area contributed by atoms with Crippen molar-refractivity contribution in [3.8, 4) is 0 Å². The molecular weight excluding hydrogens is 292 g/mol. The quantitative estimate of drug-likeness (QED) is 0.444. The Kier molecular flexibility index (Phi) is 6.38. The zero-order chi connectivity index (χ0) is 16.2. The lowest BCUT2D eigenvalue weighted by atomic mass is 10.3. The maximum absolute atomic E-state index is 11.7. The van der Waals surface area contributed by atoms with E-state index in [0.717, 1.165) is 12.2 Å². The van der Waals surface area contributed by atoms with Gasteiger partial charge >= 0.3 is 11.9 Å². The summed E-state index contributed by atoms with van der Waals surface area (Å²) in [5.74, 6) is -1.81. The van der Waals surface area contributed by atoms with Crippen molar-refractivity contribution in [1.82, 2.24) is 0 Å². The lowest BCUT2D eigenvalue weighted by Gasteiger charge is -2.44. The molecule has 0 rings (SSSR count). The minimum absolute atomic E-state index is 0.628. The predicted octanol–water partition coefficient (Wildman–Crippen LogP) is 2.93. The van der Waals surface area contributed by atoms with Crippen LogP contribution in [-0.4, -0.2) is 38.9 Å². The van der Waals surface area contributed by atoms with Gasteiger partial charge in [0.2, 0.25) is 8.32 Å². The van der Waals surface area contributed by atoms with Crippen LogP contribution in [0.5, 0.6) is 0 Å². The van der Waals surface area contributed by atoms with Crippen molar-refractivity contribution in [2.24, 2.45) is 0 Å². The van der Waals surface area contributed by atoms with Gasteiger partial charge in [-0.05, 0) is 46.1 Å². The molecule has 1 N–H and O–H groups in total. The second-order valence-electron chi connectivity index (χ2n) is 6.40. The van der Waals surface area contributed by atoms with Crippen molar-refractivity contribution in [2.75, 3.05) is 0 Å². The summed E-state index contributed by atoms with van der Waals surface area (Å²) in [4.78, 5) is 22.2. The van der Waals surface area contributed by atoms with Crippen LogP contribution in [-0.2, 0) is 18.4 Å². The summed E-state index contributed by atoms with van der Waals surface area (Å²) in [6.45, 7) is 14.2. The number of hydrogen-bond acceptors (Lipinski definition) is 4. The molecule has 0 saturated carbocycles. The first-order chi connectivity index (χ1) is 8.83. The first kappa shape index (κ1) is 19.1. The smallest absolute Gasteiger partial charge is 0.331 e. The Morgan fingerprint density at radius 3 is 2.00 bits per heavy atom. The van der Waals surface area contributed by atoms with Crippen molar-refractivity contribution in [2.45, 2.75) is 58.2 Å². The maximum Gasteiger partial charge on any atom is 0.331 e. The van der Waals surface area contributed by atoms with Crippen LogP contribution >= 0.6 is 0 Å². The Morgan fingerprint density at radius 2 is 1.65 bits per heavy atom. The topological polar surface area (TPSA) is 72.8 Å². The fourth-order valence-corrected chi connectivity index (χ4v) is 10.1. The second kappa shape index (κ2) is 6.69. The number of aliphatic carboxylic acids is 1. The summed E-state index contributed by atoms with van der Waals surface area (Å²) in [5, 5.41) is 7.84. The summed E-state index contributed by atoms with van der Waals surface area (Å²) >= 11 is 0. The average Bonchev–Trinajstić information content (AvgIpc) is 2.22. The molecule has 0 aromatic rings. The van der Waals surface area contributed by atoms with E-state index < -0.39 is 33.8 Å². The Bertz CT molecular complexity index is 398. The van der Waals surface area contributed by atoms with Crippen LogP contribution in [0.2, 0.25) is 32.7 Å². The first-order valence-corrected chi connectivity index (χ1v) is 13.0. The summed E-state index contributed by atoms with van der Waals surface area (Å²) < 4.78 is 11.8. The molecule has 0 aliphatic heterocycles. The molecule has 0 fully saturated rings. The van der Waals surface area contributed by atoms with Crippen LogP contribution < -0.4 is 0 Å². The third-order valence-electron chi connectivity index (χ3n) is 3.20. The maximum atomic E-state index is 11.7. The van der Waals surface area contributed by atoms with Gasteiger partial charge in [-0.3, -0.25) is 0 Å². The van der Waals surface area contributed by atoms with Gasteiger partial charge < -0.3 is 14.0 Å². The monoisotopic (exact) mass is 318 g/mol. The SMILES string of the molecule is CCC(C)(OC(=O)/C=C/C(=O)O)[Si](C)(C)O[Si](C)(C)C. The van der Waals surface area contributed by atoms with Crippen molar-refractivity contribution in [3.63, 3.8) is 0 Å². The number of rotatable bonds is 7. The number of carboxylic acids is 1. The summed E-state index contributed by atoms with van der Waals surface area (Å²) in [7, 11) is -4.02. The van der Waals surface area contributed by atoms with Gasteiger partial charge in [0.25, 0.3) is 0 Å². The third-order valence-corrected chi connectivity index (χ3v) is 10.7. The molecule has 0 aromatic carbocycles. The van der Waals surface area contributed by atoms with Crippen LogP contribution in [0.25, 0.3) is 0 Å². The zero-order valence-electron chi connectivity index (χ0n) is 13.4. The van der Waals surface area contributed by atoms with Gasteiger partial charge in [-0.1, -0.05) is 6.92 Å². The highest BCUT2D eigenvalue weighted by atomic mass is 28.4. The number of hydrogen-bond donors (Lipinski definition) is 1. The Balaban J connectivity index is 5.09. The molecule has 0 radical (unpaired) electrons. The number of carbonyl (C=O) groups excluding carboxylic acids is 1. The molecule has 0 bridgehead atoms. The second-order valence-corrected chi connectivity index (χ2v) is 15.5. The first-order valence-electron chi connectivity index (χ1n) is 6.67. The number of ether oxygens (including phenoxy) is 1. The number of esters is 1. The van der Waals surface area contributed by atoms with Gasteiger partial charge in [-0.25, -0.2) is 9.59 Å². The largest absolute Gasteiger partial charge is 0.478 e. The van der Waals surface area contributed by atoms with E-state index >= 15 is 0 Å². The molecule has 0 amide bonds. The number of carboxylic acid groups (broad SMARTS) is 1. The van der Waals surface area contributed by atoms with Gasteiger partial charge in [-0.15, -0.1) is 0 Å². The highest BCUT2D eigenvalue weighted by Gasteiger charge is 2.48. The summed E-state index contributed by atoms with van der Waals surface area (Å²) in [6.07, 6.45) is 2.35. The molecule has 20 heavy (non-hydrogen) atoms. The van der Waals surface area contributed by atoms with Crippen molar-refractivity contribution < 1.29 is 23.5 Å². The number of carbonyl (C=O) groups is 2. The van der Waals surface area contributed by atoms with Crippen molar-refractivity contribution >= 4 is 28.6 Å². The standard InChI is InChI=1S/C13H26O5Si2/c1-8-13(2,17-12(16)10-9-11(14)15)20(6,7)18-19(3,4)5/h9-10H,8H2,1-7H3,(H,14,15)/b10-9+. The van der Waals surface area contributed by atoms with E-state index in [2.05, 4.69) is 19.6 Å². The molecule has 0 saturated heterocycles. The molecule has 7 heteroatoms. The Hall–Kier alpha value is -0.926. The third kappa shape index (κ3) is 6.02. The van der Waals surface area contributed by atoms with Gasteiger partial charge in [0, 0.05) is 12.2 Å². The molecule has 116 valence electrons. The van der Waals surface area contributed by atoms with Crippen LogP contribution in [0.1, 0.15) is 20.3 Å². The highest BCUT2D eigenvalue weighted by molar-refractivity contribution is 6.85. The van der Waals surface area contributed by atoms with Gasteiger partial charge in [0.05, 0.1) is 0 Å². The predicted molar refractivity (Wildman–Crippen MR) is 83.5 cm³/mol. The van der Waals surface area contributed by atoms with Gasteiger partial charge in [0.15, 0.2) is 8.32 Å². The lowest BCUT2D eigenvalue weighted by Crippen LogP contribution is -2.60. The molecular formula is C13H26O5Si2. The summed E-state index contributed by atoms with van der Waals surface area (Å²) in [5.41, 5.74) is 0. The summed E-state index contributed by atoms with van der Waals surface area (Å²) in [6, 6.07) is 0. The minimum Gasteiger partial charge on any atom is -0.478 e. The zero-order valence-corrected chi connectivity index (χ0v) is 15.4. The molecule has 5 nitrogen and oxygen atoms in total. The Morgan fingerprint density at radius 1 is 1.15 bits per heavy atom. The van der Waals surface area contributed by atoms with E-state index in [1.807, 2.05) is 26.9 Å². The van der Waals surface area contributed by atoms with Crippen LogP contribution in [0.15, 0.2) is 12.2 Å². The molecule has 0 aliphatic rings. The molecule has 0 aromatic heterocycles. The van der Waals surface area contributed by atoms with E-state index in [9.17, 15) is 9.59 Å². The molecule has 1 atom stereocenters. The van der Waals surface area contributed by atoms with E-state index in [4.69, 9.17) is 14.0 Å². The average molecular weight is 319 g/mol. The highest BCUT2D eigenvalue weighted by Crippen LogP contribution is 2.31. The van der Waals surface area contributed by atoms with Crippen molar-refractivity contribution in [1.29, 1.82) is 0 Å². The normalized spacial score (nSPS) is 15.9. The van der Waals surface area contributed by atoms with Crippen LogP contribution in [0.4, 0.5) is 0 Å². The van der Waals surface area contributed by atoms with E-state index in [-0.39, 0.29) is 0 Å². The van der Waals surface area contributed by atoms with E-state index in [0.29, 0.717) is 6.42 Å². The van der Waals surface area contributed by atoms with Gasteiger partial charge in [-0.2, -0.15) is 0 Å². The fraction of sp³-hybridized carbons (Fsp3) is 0.692. The van der Waals surface area contributed by atoms with Crippen LogP contribution in [0.3, 0.4) is 0 Å². The fourth-order valence-electron chi connectivity index (χ4n) is 1.89. The van der Waals surface area contributed by atoms with Crippen LogP contribution in [0, 0.1) is 0 Å². The minimum atomic E-state index is -2.27. The Labute approximate surface area is 123 Å². The molecule has 1 unspecified atom stereocenters. The van der Waals surface area contributed by atoms with Crippen molar-refractivity contribution in [3.05, 3.63) is 12.2 Å². The molecule has 0 aliphatic carbocycles. The molecule has 0 spiro atoms. The molecule has 0 heterocycles. The van der Waals surface area contributed by atoms with E-state index in [1.54, 1.807) is 0 Å². The lowest BCUT2D eigenvalue weighted by molar-refractivity contribution is -0.147. The van der Waals surface area contributed by atoms with Gasteiger partial charge in [0.1, 0.15) is 5.22 Å².